The molecule has 1 aromatic carbocycles. The van der Waals surface area contributed by atoms with Crippen LogP contribution in [0, 0.1) is 6.92 Å². The number of carbonyl (C=O) groups is 2. The van der Waals surface area contributed by atoms with Gasteiger partial charge in [0.1, 0.15) is 12.3 Å². The Labute approximate surface area is 93.8 Å². The van der Waals surface area contributed by atoms with E-state index in [0.29, 0.717) is 0 Å². The number of hydrogen-bond donors (Lipinski definition) is 0. The Bertz CT molecular complexity index is 430. The molecular formula is C12H13NO3. The zero-order chi connectivity index (χ0) is 11.7. The van der Waals surface area contributed by atoms with E-state index in [2.05, 4.69) is 0 Å². The number of anilines is 1. The third kappa shape index (κ3) is 1.51. The lowest BCUT2D eigenvalue weighted by molar-refractivity contribution is -0.142. The summed E-state index contributed by atoms with van der Waals surface area (Å²) >= 11 is 0. The molecule has 1 amide bonds. The molecule has 1 heterocycles. The second kappa shape index (κ2) is 4.06. The van der Waals surface area contributed by atoms with Crippen molar-refractivity contribution < 1.29 is 14.3 Å². The molecular weight excluding hydrogens is 206 g/mol. The topological polar surface area (TPSA) is 46.6 Å². The molecule has 0 aliphatic carbocycles. The lowest BCUT2D eigenvalue weighted by atomic mass is 9.97. The predicted octanol–water partition coefficient (Wildman–Crippen LogP) is 0.924. The van der Waals surface area contributed by atoms with Gasteiger partial charge in [-0.15, -0.1) is 0 Å². The molecule has 1 aliphatic rings. The average Bonchev–Trinajstić information content (AvgIpc) is 2.26. The number of methoxy groups -OCH3 is 1. The van der Waals surface area contributed by atoms with E-state index in [1.807, 2.05) is 31.2 Å². The van der Waals surface area contributed by atoms with Crippen molar-refractivity contribution in [1.82, 2.24) is 0 Å². The summed E-state index contributed by atoms with van der Waals surface area (Å²) in [5, 5.41) is 0. The van der Waals surface area contributed by atoms with Gasteiger partial charge >= 0.3 is 0 Å². The quantitative estimate of drug-likeness (QED) is 0.561. The molecule has 1 aliphatic heterocycles. The first kappa shape index (κ1) is 10.8. The number of hydrogen-bond acceptors (Lipinski definition) is 3. The Morgan fingerprint density at radius 1 is 1.44 bits per heavy atom. The minimum atomic E-state index is -0.627. The van der Waals surface area contributed by atoms with E-state index in [1.54, 1.807) is 0 Å². The second-order valence-corrected chi connectivity index (χ2v) is 3.83. The highest BCUT2D eigenvalue weighted by atomic mass is 16.5. The van der Waals surface area contributed by atoms with Crippen LogP contribution in [0.4, 0.5) is 5.69 Å². The van der Waals surface area contributed by atoms with E-state index >= 15 is 0 Å². The largest absolute Gasteiger partial charge is 0.369 e. The molecule has 0 N–H and O–H groups in total. The van der Waals surface area contributed by atoms with Gasteiger partial charge in [0.15, 0.2) is 6.10 Å². The minimum absolute atomic E-state index is 0.162. The van der Waals surface area contributed by atoms with Crippen molar-refractivity contribution in [3.05, 3.63) is 29.8 Å². The third-order valence-electron chi connectivity index (χ3n) is 2.76. The Hall–Kier alpha value is -1.68. The summed E-state index contributed by atoms with van der Waals surface area (Å²) in [6.07, 6.45) is 0.121. The summed E-state index contributed by atoms with van der Waals surface area (Å²) in [6, 6.07) is 6.99. The van der Waals surface area contributed by atoms with Gasteiger partial charge in [0.2, 0.25) is 0 Å². The molecule has 2 atom stereocenters. The van der Waals surface area contributed by atoms with Gasteiger partial charge < -0.3 is 9.53 Å². The summed E-state index contributed by atoms with van der Waals surface area (Å²) in [7, 11) is 1.44. The first-order valence-electron chi connectivity index (χ1n) is 5.07. The predicted molar refractivity (Wildman–Crippen MR) is 59.3 cm³/mol. The van der Waals surface area contributed by atoms with Gasteiger partial charge in [0, 0.05) is 12.8 Å². The summed E-state index contributed by atoms with van der Waals surface area (Å²) in [5.74, 6) is -0.162. The molecule has 16 heavy (non-hydrogen) atoms. The maximum absolute atomic E-state index is 11.7. The molecule has 0 aromatic heterocycles. The van der Waals surface area contributed by atoms with Gasteiger partial charge in [-0.3, -0.25) is 9.69 Å². The zero-order valence-electron chi connectivity index (χ0n) is 9.21. The SMILES string of the molecule is CO[C@H]1C(=O)N(c2cccc(C)c2)[C@@H]1C=O. The highest BCUT2D eigenvalue weighted by Crippen LogP contribution is 2.29. The van der Waals surface area contributed by atoms with Gasteiger partial charge in [-0.1, -0.05) is 12.1 Å². The third-order valence-corrected chi connectivity index (χ3v) is 2.76. The first-order valence-corrected chi connectivity index (χ1v) is 5.07. The van der Waals surface area contributed by atoms with E-state index in [1.165, 1.54) is 12.0 Å². The van der Waals surface area contributed by atoms with Crippen molar-refractivity contribution in [3.8, 4) is 0 Å². The molecule has 1 fully saturated rings. The number of ether oxygens (including phenoxy) is 1. The maximum atomic E-state index is 11.7. The number of β-lactam (4-membered cyclic amide) rings is 1. The van der Waals surface area contributed by atoms with E-state index < -0.39 is 12.1 Å². The molecule has 1 saturated heterocycles. The zero-order valence-corrected chi connectivity index (χ0v) is 9.21. The molecule has 84 valence electrons. The van der Waals surface area contributed by atoms with E-state index in [-0.39, 0.29) is 5.91 Å². The molecule has 0 saturated carbocycles. The Kier molecular flexibility index (Phi) is 2.75. The van der Waals surface area contributed by atoms with E-state index in [0.717, 1.165) is 17.5 Å². The standard InChI is InChI=1S/C12H13NO3/c1-8-4-3-5-9(6-8)13-10(7-14)11(16-2)12(13)15/h3-7,10-11H,1-2H3/t10-,11-/m1/s1. The van der Waals surface area contributed by atoms with Gasteiger partial charge in [-0.2, -0.15) is 0 Å². The highest BCUT2D eigenvalue weighted by molar-refractivity contribution is 6.10. The first-order chi connectivity index (χ1) is 7.69. The number of nitrogens with zero attached hydrogens (tertiary/aromatic N) is 1. The van der Waals surface area contributed by atoms with Crippen molar-refractivity contribution >= 4 is 17.9 Å². The van der Waals surface area contributed by atoms with Gasteiger partial charge in [-0.25, -0.2) is 0 Å². The number of aldehydes is 1. The average molecular weight is 219 g/mol. The van der Waals surface area contributed by atoms with Crippen molar-refractivity contribution in [1.29, 1.82) is 0 Å². The van der Waals surface area contributed by atoms with Crippen molar-refractivity contribution in [2.45, 2.75) is 19.1 Å². The molecule has 0 radical (unpaired) electrons. The molecule has 4 heteroatoms. The lowest BCUT2D eigenvalue weighted by Crippen LogP contribution is -2.66. The van der Waals surface area contributed by atoms with Gasteiger partial charge in [0.25, 0.3) is 5.91 Å². The summed E-state index contributed by atoms with van der Waals surface area (Å²) in [6.45, 7) is 1.94. The van der Waals surface area contributed by atoms with Crippen LogP contribution in [-0.2, 0) is 14.3 Å². The molecule has 2 rings (SSSR count). The second-order valence-electron chi connectivity index (χ2n) is 3.83. The van der Waals surface area contributed by atoms with E-state index in [9.17, 15) is 9.59 Å². The van der Waals surface area contributed by atoms with Crippen molar-refractivity contribution in [2.24, 2.45) is 0 Å². The normalized spacial score (nSPS) is 24.1. The smallest absolute Gasteiger partial charge is 0.259 e. The fraction of sp³-hybridized carbons (Fsp3) is 0.333. The number of benzene rings is 1. The lowest BCUT2D eigenvalue weighted by Gasteiger charge is -2.43. The summed E-state index contributed by atoms with van der Waals surface area (Å²) in [4.78, 5) is 24.1. The fourth-order valence-electron chi connectivity index (χ4n) is 1.93. The summed E-state index contributed by atoms with van der Waals surface area (Å²) < 4.78 is 4.96. The van der Waals surface area contributed by atoms with Crippen LogP contribution in [0.1, 0.15) is 5.56 Å². The highest BCUT2D eigenvalue weighted by Gasteiger charge is 2.48. The van der Waals surface area contributed by atoms with Gasteiger partial charge in [-0.05, 0) is 24.6 Å². The Balaban J connectivity index is 2.29. The molecule has 1 aromatic rings. The van der Waals surface area contributed by atoms with Crippen molar-refractivity contribution in [3.63, 3.8) is 0 Å². The minimum Gasteiger partial charge on any atom is -0.369 e. The maximum Gasteiger partial charge on any atom is 0.259 e. The number of amides is 1. The van der Waals surface area contributed by atoms with Crippen LogP contribution in [0.25, 0.3) is 0 Å². The molecule has 4 nitrogen and oxygen atoms in total. The Morgan fingerprint density at radius 3 is 2.75 bits per heavy atom. The van der Waals surface area contributed by atoms with Crippen LogP contribution in [0.2, 0.25) is 0 Å². The van der Waals surface area contributed by atoms with Crippen LogP contribution >= 0.6 is 0 Å². The molecule has 0 unspecified atom stereocenters. The van der Waals surface area contributed by atoms with Gasteiger partial charge in [0.05, 0.1) is 0 Å². The van der Waals surface area contributed by atoms with Crippen molar-refractivity contribution in [2.75, 3.05) is 12.0 Å². The number of carbonyl (C=O) groups excluding carboxylic acids is 2. The van der Waals surface area contributed by atoms with E-state index in [4.69, 9.17) is 4.74 Å². The monoisotopic (exact) mass is 219 g/mol. The van der Waals surface area contributed by atoms with Crippen LogP contribution < -0.4 is 4.90 Å². The van der Waals surface area contributed by atoms with Crippen LogP contribution in [-0.4, -0.2) is 31.4 Å². The summed E-state index contributed by atoms with van der Waals surface area (Å²) in [5.41, 5.74) is 1.80. The van der Waals surface area contributed by atoms with Crippen LogP contribution in [0.3, 0.4) is 0 Å². The number of aryl methyl sites for hydroxylation is 1. The Morgan fingerprint density at radius 2 is 2.19 bits per heavy atom. The van der Waals surface area contributed by atoms with Crippen LogP contribution in [0.15, 0.2) is 24.3 Å². The fourth-order valence-corrected chi connectivity index (χ4v) is 1.93. The number of rotatable bonds is 3. The van der Waals surface area contributed by atoms with Crippen LogP contribution in [0.5, 0.6) is 0 Å². The molecule has 0 spiro atoms. The molecule has 0 bridgehead atoms.